The van der Waals surface area contributed by atoms with Crippen molar-refractivity contribution in [3.8, 4) is 0 Å². The van der Waals surface area contributed by atoms with Crippen molar-refractivity contribution in [1.29, 1.82) is 0 Å². The molecule has 0 radical (unpaired) electrons. The largest absolute Gasteiger partial charge is 0.481 e. The number of carbonyl (C=O) groups is 1. The Hall–Kier alpha value is -0.610. The molecule has 0 aliphatic carbocycles. The second-order valence-electron chi connectivity index (χ2n) is 3.87. The average molecular weight is 204 g/mol. The molecule has 2 rings (SSSR count). The van der Waals surface area contributed by atoms with Crippen LogP contribution in [0.3, 0.4) is 0 Å². The molecule has 0 aromatic rings. The molecule has 4 unspecified atom stereocenters. The summed E-state index contributed by atoms with van der Waals surface area (Å²) < 4.78 is 22.2. The lowest BCUT2D eigenvalue weighted by molar-refractivity contribution is -0.151. The second kappa shape index (κ2) is 3.87. The molecule has 14 heavy (non-hydrogen) atoms. The van der Waals surface area contributed by atoms with Crippen molar-refractivity contribution >= 4 is 5.97 Å². The Labute approximate surface area is 88.7 Å². The standard InChI is InChI=1S/C9H15NO3.CH4/c1-10-5-2-3-6(10)8(9(12)13)7(11)4-5;/h5-8,11H,2-4H2,1H3,(H,12,13);1H4/i1D3;. The molecule has 82 valence electrons. The summed E-state index contributed by atoms with van der Waals surface area (Å²) in [5.41, 5.74) is 0. The van der Waals surface area contributed by atoms with Crippen LogP contribution in [0.25, 0.3) is 0 Å². The third-order valence-electron chi connectivity index (χ3n) is 3.17. The monoisotopic (exact) mass is 204 g/mol. The number of carboxylic acid groups (broad SMARTS) is 1. The highest BCUT2D eigenvalue weighted by molar-refractivity contribution is 5.72. The lowest BCUT2D eigenvalue weighted by Gasteiger charge is -2.38. The predicted octanol–water partition coefficient (Wildman–Crippen LogP) is 0.551. The van der Waals surface area contributed by atoms with Gasteiger partial charge in [-0.05, 0) is 26.2 Å². The Morgan fingerprint density at radius 3 is 2.86 bits per heavy atom. The summed E-state index contributed by atoms with van der Waals surface area (Å²) in [4.78, 5) is 12.4. The van der Waals surface area contributed by atoms with Gasteiger partial charge in [0.15, 0.2) is 0 Å². The van der Waals surface area contributed by atoms with E-state index in [2.05, 4.69) is 0 Å². The molecule has 2 bridgehead atoms. The van der Waals surface area contributed by atoms with Crippen LogP contribution in [-0.4, -0.2) is 46.2 Å². The zero-order valence-electron chi connectivity index (χ0n) is 10.2. The van der Waals surface area contributed by atoms with E-state index in [0.717, 1.165) is 0 Å². The summed E-state index contributed by atoms with van der Waals surface area (Å²) in [6.07, 6.45) is 0.515. The van der Waals surface area contributed by atoms with E-state index in [4.69, 9.17) is 9.22 Å². The number of aliphatic carboxylic acids is 1. The summed E-state index contributed by atoms with van der Waals surface area (Å²) in [6, 6.07) is -0.762. The first-order valence-electron chi connectivity index (χ1n) is 6.01. The zero-order valence-corrected chi connectivity index (χ0v) is 7.18. The van der Waals surface area contributed by atoms with Crippen molar-refractivity contribution in [2.75, 3.05) is 6.98 Å². The number of aliphatic hydroxyl groups is 1. The van der Waals surface area contributed by atoms with Gasteiger partial charge in [-0.2, -0.15) is 0 Å². The Kier molecular flexibility index (Phi) is 2.11. The van der Waals surface area contributed by atoms with Gasteiger partial charge in [0, 0.05) is 16.2 Å². The molecule has 4 heteroatoms. The van der Waals surface area contributed by atoms with E-state index in [9.17, 15) is 9.90 Å². The summed E-state index contributed by atoms with van der Waals surface area (Å²) in [5, 5.41) is 18.8. The van der Waals surface area contributed by atoms with Crippen LogP contribution in [0.2, 0.25) is 0 Å². The van der Waals surface area contributed by atoms with Gasteiger partial charge in [-0.25, -0.2) is 0 Å². The number of carboxylic acids is 1. The van der Waals surface area contributed by atoms with Gasteiger partial charge in [0.1, 0.15) is 0 Å². The van der Waals surface area contributed by atoms with Crippen LogP contribution in [0.15, 0.2) is 0 Å². The highest BCUT2D eigenvalue weighted by atomic mass is 16.4. The minimum atomic E-state index is -2.26. The third-order valence-corrected chi connectivity index (χ3v) is 3.17. The summed E-state index contributed by atoms with van der Waals surface area (Å²) in [6.45, 7) is -2.26. The summed E-state index contributed by atoms with van der Waals surface area (Å²) >= 11 is 0. The summed E-state index contributed by atoms with van der Waals surface area (Å²) in [5.74, 6) is -2.08. The molecule has 2 aliphatic heterocycles. The zero-order chi connectivity index (χ0) is 12.1. The second-order valence-corrected chi connectivity index (χ2v) is 3.87. The van der Waals surface area contributed by atoms with Crippen molar-refractivity contribution in [2.24, 2.45) is 5.92 Å². The molecule has 4 atom stereocenters. The van der Waals surface area contributed by atoms with E-state index in [1.165, 1.54) is 4.90 Å². The lowest BCUT2D eigenvalue weighted by Crippen LogP contribution is -2.51. The molecule has 0 aromatic carbocycles. The van der Waals surface area contributed by atoms with Gasteiger partial charge in [0.2, 0.25) is 0 Å². The molecule has 2 N–H and O–H groups in total. The minimum absolute atomic E-state index is 0. The number of piperidine rings is 1. The highest BCUT2D eigenvalue weighted by Crippen LogP contribution is 2.38. The number of nitrogens with zero attached hydrogens (tertiary/aromatic N) is 1. The van der Waals surface area contributed by atoms with Gasteiger partial charge in [0.25, 0.3) is 0 Å². The van der Waals surface area contributed by atoms with Gasteiger partial charge >= 0.3 is 5.97 Å². The van der Waals surface area contributed by atoms with Crippen molar-refractivity contribution in [3.63, 3.8) is 0 Å². The van der Waals surface area contributed by atoms with Crippen LogP contribution in [0.1, 0.15) is 30.8 Å². The Balaban J connectivity index is 0.00000144. The fourth-order valence-electron chi connectivity index (χ4n) is 2.51. The minimum Gasteiger partial charge on any atom is -0.481 e. The third kappa shape index (κ3) is 1.53. The molecule has 2 aliphatic rings. The van der Waals surface area contributed by atoms with E-state index < -0.39 is 31.0 Å². The Bertz CT molecular complexity index is 308. The Morgan fingerprint density at radius 2 is 2.29 bits per heavy atom. The topological polar surface area (TPSA) is 60.8 Å². The molecule has 0 spiro atoms. The van der Waals surface area contributed by atoms with Crippen molar-refractivity contribution in [1.82, 2.24) is 4.90 Å². The van der Waals surface area contributed by atoms with Crippen LogP contribution >= 0.6 is 0 Å². The van der Waals surface area contributed by atoms with Crippen molar-refractivity contribution in [3.05, 3.63) is 0 Å². The average Bonchev–Trinajstić information content (AvgIpc) is 2.40. The van der Waals surface area contributed by atoms with E-state index in [-0.39, 0.29) is 19.9 Å². The SMILES string of the molecule is C.[2H]C([2H])([2H])N1C2CCC1C(C(=O)O)C(O)C2. The molecule has 2 saturated heterocycles. The fraction of sp³-hybridized carbons (Fsp3) is 0.900. The van der Waals surface area contributed by atoms with Crippen LogP contribution in [-0.2, 0) is 4.79 Å². The van der Waals surface area contributed by atoms with E-state index >= 15 is 0 Å². The number of hydrogen-bond donors (Lipinski definition) is 2. The Morgan fingerprint density at radius 1 is 1.57 bits per heavy atom. The van der Waals surface area contributed by atoms with Crippen LogP contribution in [0.5, 0.6) is 0 Å². The molecular formula is C10H19NO3. The quantitative estimate of drug-likeness (QED) is 0.655. The van der Waals surface area contributed by atoms with Gasteiger partial charge in [0.05, 0.1) is 12.0 Å². The number of rotatable bonds is 1. The first-order valence-corrected chi connectivity index (χ1v) is 4.51. The fourth-order valence-corrected chi connectivity index (χ4v) is 2.51. The van der Waals surface area contributed by atoms with E-state index in [0.29, 0.717) is 12.8 Å². The van der Waals surface area contributed by atoms with Gasteiger partial charge in [-0.1, -0.05) is 7.43 Å². The maximum atomic E-state index is 11.1. The highest BCUT2D eigenvalue weighted by Gasteiger charge is 2.48. The van der Waals surface area contributed by atoms with Crippen LogP contribution < -0.4 is 0 Å². The number of aliphatic hydroxyl groups excluding tert-OH is 1. The van der Waals surface area contributed by atoms with Gasteiger partial charge < -0.3 is 10.2 Å². The van der Waals surface area contributed by atoms with Crippen LogP contribution in [0.4, 0.5) is 0 Å². The number of fused-ring (bicyclic) bond motifs is 2. The normalized spacial score (nSPS) is 45.9. The van der Waals surface area contributed by atoms with Crippen LogP contribution in [0, 0.1) is 5.92 Å². The van der Waals surface area contributed by atoms with E-state index in [1.54, 1.807) is 0 Å². The molecule has 0 amide bonds. The molecular weight excluding hydrogens is 182 g/mol. The van der Waals surface area contributed by atoms with Gasteiger partial charge in [-0.3, -0.25) is 9.69 Å². The molecule has 2 fully saturated rings. The predicted molar refractivity (Wildman–Crippen MR) is 53.1 cm³/mol. The van der Waals surface area contributed by atoms with E-state index in [1.807, 2.05) is 0 Å². The van der Waals surface area contributed by atoms with Gasteiger partial charge in [-0.15, -0.1) is 0 Å². The van der Waals surface area contributed by atoms with Crippen molar-refractivity contribution < 1.29 is 19.1 Å². The molecule has 0 saturated carbocycles. The summed E-state index contributed by atoms with van der Waals surface area (Å²) in [7, 11) is 0. The first kappa shape index (κ1) is 7.65. The first-order chi connectivity index (χ1) is 7.32. The maximum Gasteiger partial charge on any atom is 0.310 e. The number of hydrogen-bond acceptors (Lipinski definition) is 3. The lowest BCUT2D eigenvalue weighted by atomic mass is 9.88. The smallest absolute Gasteiger partial charge is 0.310 e. The van der Waals surface area contributed by atoms with Crippen molar-refractivity contribution in [2.45, 2.75) is 44.9 Å². The molecule has 4 nitrogen and oxygen atoms in total. The molecule has 2 heterocycles. The molecule has 0 aromatic heterocycles. The maximum absolute atomic E-state index is 11.1.